The molecule has 2 aromatic rings. The summed E-state index contributed by atoms with van der Waals surface area (Å²) in [6, 6.07) is 7.17. The number of nitrogens with zero attached hydrogens (tertiary/aromatic N) is 2. The molecule has 0 atom stereocenters. The van der Waals surface area contributed by atoms with Crippen LogP contribution in [0.4, 0.5) is 23.1 Å². The monoisotopic (exact) mass is 315 g/mol. The van der Waals surface area contributed by atoms with Crippen molar-refractivity contribution in [1.29, 1.82) is 0 Å². The van der Waals surface area contributed by atoms with Gasteiger partial charge in [-0.2, -0.15) is 4.98 Å². The van der Waals surface area contributed by atoms with Crippen LogP contribution in [0.1, 0.15) is 10.4 Å². The fraction of sp³-hybridized carbons (Fsp3) is 0.143. The molecule has 0 aliphatic heterocycles. The summed E-state index contributed by atoms with van der Waals surface area (Å²) < 4.78 is 0. The number of hydrogen-bond donors (Lipinski definition) is 5. The molecule has 9 heteroatoms. The maximum atomic E-state index is 11.2. The van der Waals surface area contributed by atoms with Crippen molar-refractivity contribution in [3.8, 4) is 0 Å². The molecule has 2 rings (SSSR count). The number of hydrogen-bond acceptors (Lipinski definition) is 7. The van der Waals surface area contributed by atoms with Crippen molar-refractivity contribution in [2.45, 2.75) is 0 Å². The fourth-order valence-corrected chi connectivity index (χ4v) is 1.72. The minimum absolute atomic E-state index is 0.0128. The lowest BCUT2D eigenvalue weighted by Crippen LogP contribution is -2.26. The van der Waals surface area contributed by atoms with Crippen LogP contribution in [0, 0.1) is 0 Å². The molecule has 0 saturated carbocycles. The molecular formula is C14H17N7O2. The van der Waals surface area contributed by atoms with E-state index in [1.54, 1.807) is 31.3 Å². The first-order valence-electron chi connectivity index (χ1n) is 6.73. The SMILES string of the molecule is CNC(=O)CNc1ccc(Nc2ncc(C(N)=O)c(N)n2)cc1. The zero-order chi connectivity index (χ0) is 16.8. The summed E-state index contributed by atoms with van der Waals surface area (Å²) in [5.74, 6) is -0.524. The summed E-state index contributed by atoms with van der Waals surface area (Å²) in [5.41, 5.74) is 12.4. The first-order valence-corrected chi connectivity index (χ1v) is 6.73. The van der Waals surface area contributed by atoms with E-state index < -0.39 is 5.91 Å². The van der Waals surface area contributed by atoms with Gasteiger partial charge >= 0.3 is 0 Å². The third-order valence-corrected chi connectivity index (χ3v) is 2.96. The van der Waals surface area contributed by atoms with Gasteiger partial charge in [-0.25, -0.2) is 4.98 Å². The Labute approximate surface area is 132 Å². The summed E-state index contributed by atoms with van der Waals surface area (Å²) in [7, 11) is 1.58. The molecule has 0 radical (unpaired) electrons. The zero-order valence-corrected chi connectivity index (χ0v) is 12.5. The van der Waals surface area contributed by atoms with E-state index in [9.17, 15) is 9.59 Å². The number of amides is 2. The number of primary amides is 1. The lowest BCUT2D eigenvalue weighted by molar-refractivity contribution is -0.118. The topological polar surface area (TPSA) is 148 Å². The van der Waals surface area contributed by atoms with E-state index in [0.29, 0.717) is 0 Å². The molecule has 0 spiro atoms. The Morgan fingerprint density at radius 1 is 1.17 bits per heavy atom. The number of benzene rings is 1. The molecule has 7 N–H and O–H groups in total. The number of carbonyl (C=O) groups excluding carboxylic acids is 2. The van der Waals surface area contributed by atoms with Crippen molar-refractivity contribution in [2.75, 3.05) is 30.0 Å². The normalized spacial score (nSPS) is 9.96. The standard InChI is InChI=1S/C14H17N7O2/c1-17-11(22)7-18-8-2-4-9(5-3-8)20-14-19-6-10(13(16)23)12(15)21-14/h2-6,18H,7H2,1H3,(H2,16,23)(H,17,22)(H3,15,19,20,21). The Hall–Kier alpha value is -3.36. The van der Waals surface area contributed by atoms with Gasteiger partial charge in [-0.3, -0.25) is 9.59 Å². The highest BCUT2D eigenvalue weighted by Crippen LogP contribution is 2.18. The number of nitrogens with one attached hydrogen (secondary N) is 3. The van der Waals surface area contributed by atoms with Crippen LogP contribution < -0.4 is 27.4 Å². The maximum absolute atomic E-state index is 11.2. The molecule has 1 aromatic heterocycles. The minimum Gasteiger partial charge on any atom is -0.383 e. The first-order chi connectivity index (χ1) is 11.0. The van der Waals surface area contributed by atoms with Crippen molar-refractivity contribution in [2.24, 2.45) is 5.73 Å². The van der Waals surface area contributed by atoms with Crippen molar-refractivity contribution >= 4 is 35.0 Å². The quantitative estimate of drug-likeness (QED) is 0.506. The molecule has 1 aromatic carbocycles. The second-order valence-electron chi connectivity index (χ2n) is 4.59. The van der Waals surface area contributed by atoms with Crippen LogP contribution in [0.3, 0.4) is 0 Å². The van der Waals surface area contributed by atoms with Crippen LogP contribution in [0.5, 0.6) is 0 Å². The van der Waals surface area contributed by atoms with E-state index in [-0.39, 0.29) is 29.8 Å². The average Bonchev–Trinajstić information content (AvgIpc) is 2.53. The Bertz CT molecular complexity index is 716. The van der Waals surface area contributed by atoms with Gasteiger partial charge < -0.3 is 27.4 Å². The van der Waals surface area contributed by atoms with Gasteiger partial charge in [0.15, 0.2) is 0 Å². The molecule has 23 heavy (non-hydrogen) atoms. The average molecular weight is 315 g/mol. The number of nitrogen functional groups attached to an aromatic ring is 1. The van der Waals surface area contributed by atoms with Crippen LogP contribution in [-0.4, -0.2) is 35.4 Å². The summed E-state index contributed by atoms with van der Waals surface area (Å²) in [6.07, 6.45) is 1.27. The molecule has 0 aliphatic rings. The van der Waals surface area contributed by atoms with Gasteiger partial charge in [-0.15, -0.1) is 0 Å². The second kappa shape index (κ2) is 7.07. The van der Waals surface area contributed by atoms with Crippen molar-refractivity contribution in [1.82, 2.24) is 15.3 Å². The molecule has 0 bridgehead atoms. The number of anilines is 4. The Morgan fingerprint density at radius 2 is 1.83 bits per heavy atom. The Morgan fingerprint density at radius 3 is 2.39 bits per heavy atom. The molecule has 0 aliphatic carbocycles. The zero-order valence-electron chi connectivity index (χ0n) is 12.5. The van der Waals surface area contributed by atoms with Gasteiger partial charge in [0.1, 0.15) is 5.82 Å². The van der Waals surface area contributed by atoms with Crippen LogP contribution >= 0.6 is 0 Å². The van der Waals surface area contributed by atoms with Gasteiger partial charge in [-0.05, 0) is 24.3 Å². The Balaban J connectivity index is 2.02. The summed E-state index contributed by atoms with van der Waals surface area (Å²) in [6.45, 7) is 0.192. The van der Waals surface area contributed by atoms with Gasteiger partial charge in [0, 0.05) is 24.6 Å². The van der Waals surface area contributed by atoms with Gasteiger partial charge in [0.05, 0.1) is 12.1 Å². The minimum atomic E-state index is -0.680. The molecular weight excluding hydrogens is 298 g/mol. The molecule has 0 saturated heterocycles. The third-order valence-electron chi connectivity index (χ3n) is 2.96. The number of rotatable bonds is 6. The lowest BCUT2D eigenvalue weighted by atomic mass is 10.2. The maximum Gasteiger partial charge on any atom is 0.254 e. The smallest absolute Gasteiger partial charge is 0.254 e. The van der Waals surface area contributed by atoms with Gasteiger partial charge in [0.25, 0.3) is 5.91 Å². The second-order valence-corrected chi connectivity index (χ2v) is 4.59. The summed E-state index contributed by atoms with van der Waals surface area (Å²) in [5, 5.41) is 8.45. The highest BCUT2D eigenvalue weighted by atomic mass is 16.2. The molecule has 0 unspecified atom stereocenters. The fourth-order valence-electron chi connectivity index (χ4n) is 1.72. The van der Waals surface area contributed by atoms with E-state index in [2.05, 4.69) is 25.9 Å². The highest BCUT2D eigenvalue weighted by Gasteiger charge is 2.09. The van der Waals surface area contributed by atoms with Crippen LogP contribution in [0.15, 0.2) is 30.5 Å². The highest BCUT2D eigenvalue weighted by molar-refractivity contribution is 5.96. The van der Waals surface area contributed by atoms with Crippen LogP contribution in [-0.2, 0) is 4.79 Å². The molecule has 9 nitrogen and oxygen atoms in total. The predicted molar refractivity (Wildman–Crippen MR) is 87.2 cm³/mol. The molecule has 0 fully saturated rings. The number of likely N-dealkylation sites (N-methyl/N-ethyl adjacent to an activating group) is 1. The first kappa shape index (κ1) is 16.0. The van der Waals surface area contributed by atoms with Crippen LogP contribution in [0.25, 0.3) is 0 Å². The van der Waals surface area contributed by atoms with Crippen molar-refractivity contribution in [3.05, 3.63) is 36.0 Å². The Kier molecular flexibility index (Phi) is 4.92. The van der Waals surface area contributed by atoms with Crippen molar-refractivity contribution in [3.63, 3.8) is 0 Å². The van der Waals surface area contributed by atoms with Gasteiger partial charge in [-0.1, -0.05) is 0 Å². The van der Waals surface area contributed by atoms with E-state index in [1.165, 1.54) is 6.20 Å². The largest absolute Gasteiger partial charge is 0.383 e. The number of nitrogens with two attached hydrogens (primary N) is 2. The number of carbonyl (C=O) groups is 2. The van der Waals surface area contributed by atoms with E-state index >= 15 is 0 Å². The molecule has 2 amide bonds. The third kappa shape index (κ3) is 4.30. The molecule has 1 heterocycles. The van der Waals surface area contributed by atoms with Crippen LogP contribution in [0.2, 0.25) is 0 Å². The number of aromatic nitrogens is 2. The summed E-state index contributed by atoms with van der Waals surface area (Å²) >= 11 is 0. The summed E-state index contributed by atoms with van der Waals surface area (Å²) in [4.78, 5) is 30.2. The van der Waals surface area contributed by atoms with Crippen molar-refractivity contribution < 1.29 is 9.59 Å². The van der Waals surface area contributed by atoms with E-state index in [4.69, 9.17) is 11.5 Å². The van der Waals surface area contributed by atoms with Gasteiger partial charge in [0.2, 0.25) is 11.9 Å². The van der Waals surface area contributed by atoms with E-state index in [0.717, 1.165) is 11.4 Å². The molecule has 120 valence electrons. The lowest BCUT2D eigenvalue weighted by Gasteiger charge is -2.09. The van der Waals surface area contributed by atoms with E-state index in [1.807, 2.05) is 0 Å². The predicted octanol–water partition coefficient (Wildman–Crippen LogP) is 0.0592.